The first kappa shape index (κ1) is 21.6. The van der Waals surface area contributed by atoms with Crippen molar-refractivity contribution in [2.75, 3.05) is 34.3 Å². The third kappa shape index (κ3) is 3.85. The molecule has 2 N–H and O–H groups in total. The van der Waals surface area contributed by atoms with Crippen molar-refractivity contribution in [1.29, 1.82) is 0 Å². The number of methoxy groups -OCH3 is 1. The van der Waals surface area contributed by atoms with E-state index in [0.717, 1.165) is 13.0 Å². The van der Waals surface area contributed by atoms with Crippen LogP contribution in [0.25, 0.3) is 11.0 Å². The standard InChI is InChI=1S/C24H25N3O5/c1-26(2)12-5-13-27-20(15-8-10-25-11-9-15)19(22(29)24(27)30)21(28)18-14-16-6-4-7-17(31-3)23(16)32-18/h4,6-11,14,20,29H,5,12-13H2,1-3H3/p+1/t20-/m0/s1. The maximum absolute atomic E-state index is 13.5. The maximum atomic E-state index is 13.5. The third-order valence-corrected chi connectivity index (χ3v) is 5.60. The number of nitrogens with one attached hydrogen (secondary N) is 1. The van der Waals surface area contributed by atoms with Crippen molar-refractivity contribution < 1.29 is 28.7 Å². The summed E-state index contributed by atoms with van der Waals surface area (Å²) in [5.74, 6) is -1.09. The SMILES string of the molecule is COc1cccc2cc(C(=O)C3=C(O)C(=O)N(CCC[NH+](C)C)[C@H]3c3ccncc3)oc12. The van der Waals surface area contributed by atoms with Crippen molar-refractivity contribution in [2.24, 2.45) is 0 Å². The summed E-state index contributed by atoms with van der Waals surface area (Å²) in [7, 11) is 5.59. The Labute approximate surface area is 185 Å². The Kier molecular flexibility index (Phi) is 5.96. The van der Waals surface area contributed by atoms with Crippen LogP contribution >= 0.6 is 0 Å². The van der Waals surface area contributed by atoms with Crippen LogP contribution in [0.1, 0.15) is 28.6 Å². The van der Waals surface area contributed by atoms with Crippen molar-refractivity contribution in [3.63, 3.8) is 0 Å². The molecular formula is C24H26N3O5+. The molecule has 8 nitrogen and oxygen atoms in total. The molecule has 1 aliphatic heterocycles. The van der Waals surface area contributed by atoms with Crippen LogP contribution in [0.2, 0.25) is 0 Å². The largest absolute Gasteiger partial charge is 0.503 e. The normalized spacial score (nSPS) is 16.4. The minimum atomic E-state index is -0.717. The molecule has 0 saturated heterocycles. The van der Waals surface area contributed by atoms with Crippen molar-refractivity contribution in [1.82, 2.24) is 9.88 Å². The number of Topliss-reactive ketones (excluding diaryl/α,β-unsaturated/α-hetero) is 1. The highest BCUT2D eigenvalue weighted by molar-refractivity contribution is 6.16. The number of aromatic nitrogens is 1. The van der Waals surface area contributed by atoms with Crippen LogP contribution in [0.5, 0.6) is 5.75 Å². The molecule has 1 aliphatic rings. The van der Waals surface area contributed by atoms with E-state index in [4.69, 9.17) is 9.15 Å². The van der Waals surface area contributed by atoms with Crippen LogP contribution in [-0.4, -0.2) is 61.0 Å². The molecule has 1 aromatic carbocycles. The van der Waals surface area contributed by atoms with E-state index in [0.29, 0.717) is 28.8 Å². The number of fused-ring (bicyclic) bond motifs is 1. The van der Waals surface area contributed by atoms with E-state index >= 15 is 0 Å². The molecule has 0 bridgehead atoms. The van der Waals surface area contributed by atoms with Gasteiger partial charge in [-0.25, -0.2) is 0 Å². The van der Waals surface area contributed by atoms with Crippen molar-refractivity contribution in [3.8, 4) is 5.75 Å². The third-order valence-electron chi connectivity index (χ3n) is 5.60. The minimum Gasteiger partial charge on any atom is -0.503 e. The number of benzene rings is 1. The molecule has 166 valence electrons. The highest BCUT2D eigenvalue weighted by Gasteiger charge is 2.44. The minimum absolute atomic E-state index is 0.0106. The zero-order chi connectivity index (χ0) is 22.8. The second-order valence-corrected chi connectivity index (χ2v) is 8.07. The number of hydrogen-bond donors (Lipinski definition) is 2. The van der Waals surface area contributed by atoms with E-state index in [2.05, 4.69) is 4.98 Å². The highest BCUT2D eigenvalue weighted by atomic mass is 16.5. The van der Waals surface area contributed by atoms with E-state index in [1.165, 1.54) is 12.0 Å². The summed E-state index contributed by atoms with van der Waals surface area (Å²) in [5.41, 5.74) is 1.15. The molecule has 0 saturated carbocycles. The number of ketones is 1. The zero-order valence-electron chi connectivity index (χ0n) is 18.3. The molecule has 8 heteroatoms. The van der Waals surface area contributed by atoms with Crippen LogP contribution in [0, 0.1) is 0 Å². The van der Waals surface area contributed by atoms with Gasteiger partial charge in [0.1, 0.15) is 0 Å². The first-order valence-electron chi connectivity index (χ1n) is 10.5. The number of aliphatic hydroxyl groups is 1. The van der Waals surface area contributed by atoms with Gasteiger partial charge in [0.15, 0.2) is 22.9 Å². The van der Waals surface area contributed by atoms with E-state index in [9.17, 15) is 14.7 Å². The number of aliphatic hydroxyl groups excluding tert-OH is 1. The molecule has 3 aromatic rings. The molecule has 0 radical (unpaired) electrons. The molecule has 32 heavy (non-hydrogen) atoms. The van der Waals surface area contributed by atoms with Gasteiger partial charge in [-0.1, -0.05) is 12.1 Å². The van der Waals surface area contributed by atoms with Crippen LogP contribution in [0.3, 0.4) is 0 Å². The number of pyridine rings is 1. The summed E-state index contributed by atoms with van der Waals surface area (Å²) >= 11 is 0. The Hall–Kier alpha value is -3.65. The molecule has 0 aliphatic carbocycles. The van der Waals surface area contributed by atoms with E-state index in [1.54, 1.807) is 47.6 Å². The van der Waals surface area contributed by atoms with E-state index < -0.39 is 23.5 Å². The van der Waals surface area contributed by atoms with Gasteiger partial charge in [0.05, 0.1) is 39.4 Å². The summed E-state index contributed by atoms with van der Waals surface area (Å²) in [6.07, 6.45) is 3.93. The second-order valence-electron chi connectivity index (χ2n) is 8.07. The van der Waals surface area contributed by atoms with Crippen molar-refractivity contribution in [2.45, 2.75) is 12.5 Å². The number of ether oxygens (including phenoxy) is 1. The lowest BCUT2D eigenvalue weighted by molar-refractivity contribution is -0.858. The van der Waals surface area contributed by atoms with E-state index in [1.807, 2.05) is 20.2 Å². The van der Waals surface area contributed by atoms with Gasteiger partial charge in [0.25, 0.3) is 5.91 Å². The lowest BCUT2D eigenvalue weighted by Gasteiger charge is -2.26. The van der Waals surface area contributed by atoms with Crippen LogP contribution < -0.4 is 9.64 Å². The van der Waals surface area contributed by atoms with Crippen molar-refractivity contribution >= 4 is 22.7 Å². The number of nitrogens with zero attached hydrogens (tertiary/aromatic N) is 2. The number of carbonyl (C=O) groups excluding carboxylic acids is 2. The summed E-state index contributed by atoms with van der Waals surface area (Å²) in [4.78, 5) is 33.3. The topological polar surface area (TPSA) is 97.3 Å². The molecule has 2 aromatic heterocycles. The molecule has 0 fully saturated rings. The number of carbonyl (C=O) groups is 2. The predicted octanol–water partition coefficient (Wildman–Crippen LogP) is 1.95. The molecule has 4 rings (SSSR count). The monoisotopic (exact) mass is 436 g/mol. The van der Waals surface area contributed by atoms with Gasteiger partial charge >= 0.3 is 0 Å². The number of hydrogen-bond acceptors (Lipinski definition) is 6. The van der Waals surface area contributed by atoms with Gasteiger partial charge in [-0.3, -0.25) is 14.6 Å². The first-order chi connectivity index (χ1) is 15.4. The fraction of sp³-hybridized carbons (Fsp3) is 0.292. The van der Waals surface area contributed by atoms with Gasteiger partial charge in [-0.15, -0.1) is 0 Å². The van der Waals surface area contributed by atoms with Gasteiger partial charge < -0.3 is 24.1 Å². The first-order valence-corrected chi connectivity index (χ1v) is 10.5. The summed E-state index contributed by atoms with van der Waals surface area (Å²) < 4.78 is 11.1. The smallest absolute Gasteiger partial charge is 0.290 e. The number of rotatable bonds is 8. The average molecular weight is 436 g/mol. The van der Waals surface area contributed by atoms with Crippen molar-refractivity contribution in [3.05, 3.63) is 71.4 Å². The number of amides is 1. The quantitative estimate of drug-likeness (QED) is 0.524. The highest BCUT2D eigenvalue weighted by Crippen LogP contribution is 2.40. The summed E-state index contributed by atoms with van der Waals surface area (Å²) in [6, 6.07) is 9.73. The van der Waals surface area contributed by atoms with Crippen LogP contribution in [0.4, 0.5) is 0 Å². The summed E-state index contributed by atoms with van der Waals surface area (Å²) in [5, 5.41) is 11.5. The second kappa shape index (κ2) is 8.84. The molecule has 0 spiro atoms. The number of quaternary nitrogens is 1. The van der Waals surface area contributed by atoms with Gasteiger partial charge in [0, 0.05) is 30.7 Å². The Bertz CT molecular complexity index is 1180. The Morgan fingerprint density at radius 2 is 2.00 bits per heavy atom. The molecule has 0 unspecified atom stereocenters. The van der Waals surface area contributed by atoms with Gasteiger partial charge in [0.2, 0.25) is 5.78 Å². The zero-order valence-corrected chi connectivity index (χ0v) is 18.3. The average Bonchev–Trinajstić information content (AvgIpc) is 3.34. The number of para-hydroxylation sites is 1. The Morgan fingerprint density at radius 3 is 2.69 bits per heavy atom. The Morgan fingerprint density at radius 1 is 1.25 bits per heavy atom. The molecule has 1 amide bonds. The lowest BCUT2D eigenvalue weighted by atomic mass is 9.95. The van der Waals surface area contributed by atoms with E-state index in [-0.39, 0.29) is 11.3 Å². The van der Waals surface area contributed by atoms with Crippen LogP contribution in [0.15, 0.2) is 64.5 Å². The van der Waals surface area contributed by atoms with Crippen LogP contribution in [-0.2, 0) is 4.79 Å². The summed E-state index contributed by atoms with van der Waals surface area (Å²) in [6.45, 7) is 1.26. The van der Waals surface area contributed by atoms with Gasteiger partial charge in [-0.05, 0) is 29.8 Å². The number of furan rings is 1. The fourth-order valence-electron chi connectivity index (χ4n) is 4.05. The fourth-order valence-corrected chi connectivity index (χ4v) is 4.05. The molecular weight excluding hydrogens is 410 g/mol. The maximum Gasteiger partial charge on any atom is 0.290 e. The predicted molar refractivity (Wildman–Crippen MR) is 118 cm³/mol. The molecule has 1 atom stereocenters. The Balaban J connectivity index is 1.75. The van der Waals surface area contributed by atoms with Gasteiger partial charge in [-0.2, -0.15) is 0 Å². The lowest BCUT2D eigenvalue weighted by Crippen LogP contribution is -3.05. The molecule has 3 heterocycles.